The van der Waals surface area contributed by atoms with Gasteiger partial charge in [0.05, 0.1) is 18.8 Å². The molecular weight excluding hydrogens is 587 g/mol. The predicted molar refractivity (Wildman–Crippen MR) is 193 cm³/mol. The summed E-state index contributed by atoms with van der Waals surface area (Å²) in [7, 11) is 2.21. The third kappa shape index (κ3) is 10.7. The third-order valence-electron chi connectivity index (χ3n) is 10.6. The van der Waals surface area contributed by atoms with Crippen LogP contribution >= 0.6 is 0 Å². The van der Waals surface area contributed by atoms with Crippen LogP contribution in [0.5, 0.6) is 5.75 Å². The molecule has 0 unspecified atom stereocenters. The van der Waals surface area contributed by atoms with E-state index in [1.54, 1.807) is 0 Å². The fourth-order valence-corrected chi connectivity index (χ4v) is 8.24. The van der Waals surface area contributed by atoms with Crippen LogP contribution in [-0.2, 0) is 35.2 Å². The Bertz CT molecular complexity index is 1250. The smallest absolute Gasteiger partial charge is 0.168 e. The van der Waals surface area contributed by atoms with Gasteiger partial charge < -0.3 is 19.5 Å². The molecular formula is C41H65FN2O3. The van der Waals surface area contributed by atoms with Gasteiger partial charge in [0, 0.05) is 28.8 Å². The molecule has 4 rings (SSSR count). The lowest BCUT2D eigenvalue weighted by Gasteiger charge is -2.53. The van der Waals surface area contributed by atoms with Gasteiger partial charge in [-0.25, -0.2) is 4.39 Å². The summed E-state index contributed by atoms with van der Waals surface area (Å²) >= 11 is 0. The Kier molecular flexibility index (Phi) is 12.6. The Labute approximate surface area is 286 Å². The highest BCUT2D eigenvalue weighted by Crippen LogP contribution is 2.38. The molecule has 2 saturated heterocycles. The monoisotopic (exact) mass is 652 g/mol. The average Bonchev–Trinajstić information content (AvgIpc) is 2.96. The zero-order valence-electron chi connectivity index (χ0n) is 31.4. The van der Waals surface area contributed by atoms with E-state index in [-0.39, 0.29) is 40.2 Å². The number of piperidine rings is 2. The minimum atomic E-state index is -0.230. The van der Waals surface area contributed by atoms with E-state index in [1.807, 2.05) is 6.07 Å². The fourth-order valence-electron chi connectivity index (χ4n) is 8.24. The standard InChI is InChI=1S/C41H65FN2O3/c1-11-13-30-15-17-31(18-16-30)19-20-33-22-21-32(14-12-23-45-35-28-40(6,7)44(10)41(8,9)29-35)36(42)37(33)47-25-24-46-34-26-38(2,3)43-39(4,5)27-34/h15-18,21-22,34-35,43H,11-14,19-20,23-29H2,1-10H3. The Morgan fingerprint density at radius 3 is 1.81 bits per heavy atom. The van der Waals surface area contributed by atoms with E-state index in [0.29, 0.717) is 37.6 Å². The number of ether oxygens (including phenoxy) is 3. The number of likely N-dealkylation sites (tertiary alicyclic amines) is 1. The number of halogens is 1. The quantitative estimate of drug-likeness (QED) is 0.195. The largest absolute Gasteiger partial charge is 0.488 e. The van der Waals surface area contributed by atoms with Crippen LogP contribution in [0.1, 0.15) is 123 Å². The second-order valence-corrected chi connectivity index (χ2v) is 16.9. The van der Waals surface area contributed by atoms with Gasteiger partial charge in [0.2, 0.25) is 0 Å². The van der Waals surface area contributed by atoms with E-state index in [0.717, 1.165) is 63.4 Å². The predicted octanol–water partition coefficient (Wildman–Crippen LogP) is 8.87. The molecule has 264 valence electrons. The second-order valence-electron chi connectivity index (χ2n) is 16.9. The number of aryl methyl sites for hydroxylation is 4. The summed E-state index contributed by atoms with van der Waals surface area (Å²) in [6, 6.07) is 12.9. The molecule has 0 atom stereocenters. The Morgan fingerprint density at radius 2 is 1.21 bits per heavy atom. The molecule has 0 radical (unpaired) electrons. The first-order valence-corrected chi connectivity index (χ1v) is 18.3. The van der Waals surface area contributed by atoms with Gasteiger partial charge >= 0.3 is 0 Å². The molecule has 2 aromatic carbocycles. The van der Waals surface area contributed by atoms with Crippen LogP contribution in [-0.4, -0.2) is 66.1 Å². The zero-order valence-corrected chi connectivity index (χ0v) is 31.4. The number of nitrogens with zero attached hydrogens (tertiary/aromatic N) is 1. The highest BCUT2D eigenvalue weighted by Gasteiger charge is 2.43. The fraction of sp³-hybridized carbons (Fsp3) is 0.707. The molecule has 47 heavy (non-hydrogen) atoms. The lowest BCUT2D eigenvalue weighted by Crippen LogP contribution is -2.60. The van der Waals surface area contributed by atoms with Crippen LogP contribution in [0.25, 0.3) is 0 Å². The summed E-state index contributed by atoms with van der Waals surface area (Å²) in [4.78, 5) is 2.47. The van der Waals surface area contributed by atoms with Gasteiger partial charge in [0.15, 0.2) is 11.6 Å². The third-order valence-corrected chi connectivity index (χ3v) is 10.6. The van der Waals surface area contributed by atoms with Crippen molar-refractivity contribution < 1.29 is 18.6 Å². The van der Waals surface area contributed by atoms with Crippen molar-refractivity contribution in [1.82, 2.24) is 10.2 Å². The van der Waals surface area contributed by atoms with Gasteiger partial charge in [0.25, 0.3) is 0 Å². The molecule has 6 heteroatoms. The lowest BCUT2D eigenvalue weighted by molar-refractivity contribution is -0.0916. The van der Waals surface area contributed by atoms with Gasteiger partial charge in [-0.2, -0.15) is 0 Å². The Balaban J connectivity index is 1.38. The van der Waals surface area contributed by atoms with Gasteiger partial charge in [-0.05, 0) is 142 Å². The van der Waals surface area contributed by atoms with E-state index >= 15 is 4.39 Å². The van der Waals surface area contributed by atoms with Gasteiger partial charge in [-0.1, -0.05) is 49.7 Å². The molecule has 5 nitrogen and oxygen atoms in total. The maximum absolute atomic E-state index is 16.2. The first-order chi connectivity index (χ1) is 22.0. The molecule has 2 aliphatic heterocycles. The minimum absolute atomic E-state index is 0.0130. The average molecular weight is 653 g/mol. The number of nitrogens with one attached hydrogen (secondary N) is 1. The van der Waals surface area contributed by atoms with Crippen molar-refractivity contribution in [2.24, 2.45) is 0 Å². The molecule has 1 N–H and O–H groups in total. The van der Waals surface area contributed by atoms with Crippen LogP contribution in [0.4, 0.5) is 4.39 Å². The molecule has 0 spiro atoms. The number of benzene rings is 2. The molecule has 2 aromatic rings. The summed E-state index contributed by atoms with van der Waals surface area (Å²) < 4.78 is 35.1. The summed E-state index contributed by atoms with van der Waals surface area (Å²) in [5, 5.41) is 3.71. The maximum Gasteiger partial charge on any atom is 0.168 e. The van der Waals surface area contributed by atoms with Crippen LogP contribution in [0.15, 0.2) is 36.4 Å². The van der Waals surface area contributed by atoms with Crippen molar-refractivity contribution in [2.45, 2.75) is 161 Å². The molecule has 2 aliphatic rings. The number of rotatable bonds is 15. The van der Waals surface area contributed by atoms with Crippen molar-refractivity contribution in [3.05, 3.63) is 64.5 Å². The molecule has 0 amide bonds. The van der Waals surface area contributed by atoms with E-state index in [9.17, 15) is 0 Å². The first kappa shape index (κ1) is 37.8. The van der Waals surface area contributed by atoms with Crippen LogP contribution < -0.4 is 10.1 Å². The molecule has 2 fully saturated rings. The Hall–Kier alpha value is -1.99. The number of hydrogen-bond acceptors (Lipinski definition) is 5. The van der Waals surface area contributed by atoms with E-state index in [4.69, 9.17) is 14.2 Å². The van der Waals surface area contributed by atoms with Crippen molar-refractivity contribution >= 4 is 0 Å². The molecule has 0 aromatic heterocycles. The van der Waals surface area contributed by atoms with Crippen molar-refractivity contribution in [3.63, 3.8) is 0 Å². The van der Waals surface area contributed by atoms with Crippen LogP contribution in [0, 0.1) is 5.82 Å². The minimum Gasteiger partial charge on any atom is -0.488 e. The highest BCUT2D eigenvalue weighted by atomic mass is 19.1. The van der Waals surface area contributed by atoms with Crippen molar-refractivity contribution in [1.29, 1.82) is 0 Å². The molecule has 0 saturated carbocycles. The SMILES string of the molecule is CCCc1ccc(CCc2ccc(CCCOC3CC(C)(C)N(C)C(C)(C)C3)c(F)c2OCCOC2CC(C)(C)NC(C)(C)C2)cc1. The molecule has 2 heterocycles. The van der Waals surface area contributed by atoms with E-state index < -0.39 is 0 Å². The molecule has 0 aliphatic carbocycles. The van der Waals surface area contributed by atoms with Crippen molar-refractivity contribution in [2.75, 3.05) is 26.9 Å². The zero-order chi connectivity index (χ0) is 34.5. The molecule has 0 bridgehead atoms. The highest BCUT2D eigenvalue weighted by molar-refractivity contribution is 5.40. The van der Waals surface area contributed by atoms with Crippen LogP contribution in [0.3, 0.4) is 0 Å². The number of hydrogen-bond donors (Lipinski definition) is 1. The summed E-state index contributed by atoms with van der Waals surface area (Å²) in [6.07, 6.45) is 9.46. The van der Waals surface area contributed by atoms with Gasteiger partial charge in [-0.3, -0.25) is 4.90 Å². The van der Waals surface area contributed by atoms with E-state index in [2.05, 4.69) is 110 Å². The van der Waals surface area contributed by atoms with Gasteiger partial charge in [-0.15, -0.1) is 0 Å². The summed E-state index contributed by atoms with van der Waals surface area (Å²) in [5.41, 5.74) is 4.44. The maximum atomic E-state index is 16.2. The van der Waals surface area contributed by atoms with Crippen LogP contribution in [0.2, 0.25) is 0 Å². The second kappa shape index (κ2) is 15.7. The lowest BCUT2D eigenvalue weighted by atomic mass is 9.79. The van der Waals surface area contributed by atoms with E-state index in [1.165, 1.54) is 11.1 Å². The topological polar surface area (TPSA) is 43.0 Å². The van der Waals surface area contributed by atoms with Gasteiger partial charge in [0.1, 0.15) is 6.61 Å². The Morgan fingerprint density at radius 1 is 0.681 bits per heavy atom. The summed E-state index contributed by atoms with van der Waals surface area (Å²) in [6.45, 7) is 21.7. The first-order valence-electron chi connectivity index (χ1n) is 18.3. The summed E-state index contributed by atoms with van der Waals surface area (Å²) in [5.74, 6) is 0.158. The normalized spacial score (nSPS) is 21.2. The van der Waals surface area contributed by atoms with Crippen molar-refractivity contribution in [3.8, 4) is 5.75 Å².